The highest BCUT2D eigenvalue weighted by Gasteiger charge is 2.01. The average Bonchev–Trinajstić information content (AvgIpc) is 1.85. The summed E-state index contributed by atoms with van der Waals surface area (Å²) in [5.74, 6) is 0.140. The largest absolute Gasteiger partial charge is 0.764 e. The fourth-order valence-corrected chi connectivity index (χ4v) is 0.954. The molecule has 0 heterocycles. The third-order valence-corrected chi connectivity index (χ3v) is 1.60. The minimum absolute atomic E-state index is 0.140. The van der Waals surface area contributed by atoms with Crippen molar-refractivity contribution in [2.45, 2.75) is 26.2 Å². The summed E-state index contributed by atoms with van der Waals surface area (Å²) in [6, 6.07) is 0. The van der Waals surface area contributed by atoms with Gasteiger partial charge in [-0.25, -0.2) is 0 Å². The first-order valence-corrected chi connectivity index (χ1v) is 4.74. The van der Waals surface area contributed by atoms with Gasteiger partial charge in [0.1, 0.15) is 5.78 Å². The van der Waals surface area contributed by atoms with Crippen molar-refractivity contribution in [3.05, 3.63) is 0 Å². The van der Waals surface area contributed by atoms with E-state index in [0.717, 1.165) is 6.42 Å². The normalized spacial score (nSPS) is 9.18. The maximum Gasteiger partial charge on any atom is 0.764 e. The molecule has 5 heteroatoms. The zero-order valence-electron chi connectivity index (χ0n) is 6.50. The molecule has 0 spiro atoms. The van der Waals surface area contributed by atoms with E-state index in [-0.39, 0.29) is 12.4 Å². The van der Waals surface area contributed by atoms with E-state index in [1.165, 1.54) is 6.92 Å². The van der Waals surface area contributed by atoms with E-state index in [4.69, 9.17) is 4.80 Å². The van der Waals surface area contributed by atoms with Crippen LogP contribution in [0.2, 0.25) is 0 Å². The van der Waals surface area contributed by atoms with Crippen molar-refractivity contribution in [2.75, 3.05) is 6.61 Å². The van der Waals surface area contributed by atoms with E-state index in [1.54, 1.807) is 0 Å². The Morgan fingerprint density at radius 2 is 2.18 bits per heavy atom. The third kappa shape index (κ3) is 9.29. The van der Waals surface area contributed by atoms with Gasteiger partial charge in [0.05, 0.1) is 6.61 Å². The first kappa shape index (κ1) is 10.3. The molecule has 4 nitrogen and oxygen atoms in total. The first-order valence-electron chi connectivity index (χ1n) is 3.48. The maximum absolute atomic E-state index is 10.4. The maximum atomic E-state index is 10.4. The number of carbonyl (C=O) groups excluding carboxylic acids is 1. The molecule has 0 unspecified atom stereocenters. The van der Waals surface area contributed by atoms with E-state index >= 15 is 0 Å². The monoisotopic (exact) mass is 176 g/mol. The van der Waals surface area contributed by atoms with Crippen LogP contribution in [0.15, 0.2) is 0 Å². The van der Waals surface area contributed by atoms with Gasteiger partial charge in [-0.15, -0.1) is 0 Å². The van der Waals surface area contributed by atoms with Gasteiger partial charge in [-0.3, -0.25) is 4.46 Å². The Hall–Kier alpha value is -0.713. The smallest absolute Gasteiger partial charge is 0.511 e. The third-order valence-electron chi connectivity index (χ3n) is 1.15. The van der Waals surface area contributed by atoms with Crippen LogP contribution in [0.25, 0.3) is 0 Å². The van der Waals surface area contributed by atoms with Crippen LogP contribution in [0, 0.1) is 0 Å². The van der Waals surface area contributed by atoms with Gasteiger partial charge in [-0.05, 0) is 19.8 Å². The second kappa shape index (κ2) is 6.03. The highest BCUT2D eigenvalue weighted by molar-refractivity contribution is 6.24. The van der Waals surface area contributed by atoms with Crippen molar-refractivity contribution < 1.29 is 18.5 Å². The molecule has 11 heavy (non-hydrogen) atoms. The van der Waals surface area contributed by atoms with Gasteiger partial charge >= 0.3 is 9.17 Å². The fourth-order valence-electron chi connectivity index (χ4n) is 0.635. The fraction of sp³-hybridized carbons (Fsp3) is 0.833. The highest BCUT2D eigenvalue weighted by atomic mass is 28.3. The highest BCUT2D eigenvalue weighted by Crippen LogP contribution is 1.95. The number of hydrogen-bond acceptors (Lipinski definition) is 3. The molecule has 0 fully saturated rings. The van der Waals surface area contributed by atoms with Crippen LogP contribution in [0.5, 0.6) is 0 Å². The zero-order valence-corrected chi connectivity index (χ0v) is 7.50. The Kier molecular flexibility index (Phi) is 5.64. The molecule has 0 aliphatic carbocycles. The number of Topliss-reactive ketones (excluding diaryl/α,β-unsaturated/α-hetero) is 1. The van der Waals surface area contributed by atoms with Gasteiger partial charge in [0.15, 0.2) is 0 Å². The van der Waals surface area contributed by atoms with E-state index in [0.29, 0.717) is 12.8 Å². The summed E-state index contributed by atoms with van der Waals surface area (Å²) in [4.78, 5) is 18.6. The molecule has 0 atom stereocenters. The van der Waals surface area contributed by atoms with Gasteiger partial charge in [-0.2, -0.15) is 0 Å². The molecule has 0 aliphatic rings. The summed E-state index contributed by atoms with van der Waals surface area (Å²) >= 11 is 0. The lowest BCUT2D eigenvalue weighted by Gasteiger charge is -1.97. The Morgan fingerprint density at radius 3 is 2.64 bits per heavy atom. The van der Waals surface area contributed by atoms with Gasteiger partial charge in [0.25, 0.3) is 0 Å². The van der Waals surface area contributed by atoms with Gasteiger partial charge in [-0.1, -0.05) is 0 Å². The minimum Gasteiger partial charge on any atom is -0.511 e. The van der Waals surface area contributed by atoms with Crippen LogP contribution in [0.1, 0.15) is 26.2 Å². The Bertz CT molecular complexity index is 130. The molecule has 0 bridgehead atoms. The van der Waals surface area contributed by atoms with Crippen molar-refractivity contribution in [3.63, 3.8) is 0 Å². The van der Waals surface area contributed by atoms with E-state index in [1.807, 2.05) is 0 Å². The first-order chi connectivity index (χ1) is 5.13. The van der Waals surface area contributed by atoms with Gasteiger partial charge in [0.2, 0.25) is 0 Å². The van der Waals surface area contributed by atoms with Crippen LogP contribution < -0.4 is 0 Å². The second-order valence-electron chi connectivity index (χ2n) is 2.27. The SMILES string of the molecule is CC(=O)CCCCO[Si](=O)O. The van der Waals surface area contributed by atoms with E-state index < -0.39 is 9.17 Å². The number of hydrogen-bond donors (Lipinski definition) is 1. The lowest BCUT2D eigenvalue weighted by Crippen LogP contribution is -2.06. The summed E-state index contributed by atoms with van der Waals surface area (Å²) in [5.41, 5.74) is 0. The molecule has 0 aromatic heterocycles. The molecule has 0 rings (SSSR count). The van der Waals surface area contributed by atoms with Crippen molar-refractivity contribution in [2.24, 2.45) is 0 Å². The van der Waals surface area contributed by atoms with Crippen molar-refractivity contribution in [1.29, 1.82) is 0 Å². The number of unbranched alkanes of at least 4 members (excludes halogenated alkanes) is 1. The summed E-state index contributed by atoms with van der Waals surface area (Å²) in [6.45, 7) is 1.79. The Balaban J connectivity index is 3.03. The molecule has 1 N–H and O–H groups in total. The summed E-state index contributed by atoms with van der Waals surface area (Å²) in [5, 5.41) is 0. The van der Waals surface area contributed by atoms with Gasteiger partial charge in [0, 0.05) is 6.42 Å². The molecule has 0 saturated heterocycles. The van der Waals surface area contributed by atoms with Crippen LogP contribution in [-0.2, 0) is 13.7 Å². The molecule has 0 aromatic rings. The van der Waals surface area contributed by atoms with E-state index in [9.17, 15) is 9.26 Å². The van der Waals surface area contributed by atoms with Crippen molar-refractivity contribution in [1.82, 2.24) is 0 Å². The van der Waals surface area contributed by atoms with Gasteiger partial charge < -0.3 is 14.0 Å². The van der Waals surface area contributed by atoms with Crippen molar-refractivity contribution in [3.8, 4) is 0 Å². The minimum atomic E-state index is -2.77. The standard InChI is InChI=1S/C6H12O4Si/c1-6(7)4-2-3-5-10-11(8)9/h8H,2-5H2,1H3. The number of rotatable bonds is 6. The van der Waals surface area contributed by atoms with Crippen LogP contribution >= 0.6 is 0 Å². The quantitative estimate of drug-likeness (QED) is 0.463. The predicted octanol–water partition coefficient (Wildman–Crippen LogP) is 0.170. The summed E-state index contributed by atoms with van der Waals surface area (Å²) in [7, 11) is -2.77. The number of carbonyl (C=O) groups is 1. The van der Waals surface area contributed by atoms with Crippen LogP contribution in [-0.4, -0.2) is 26.4 Å². The van der Waals surface area contributed by atoms with Crippen LogP contribution in [0.4, 0.5) is 0 Å². The molecular formula is C6H12O4Si. The lowest BCUT2D eigenvalue weighted by atomic mass is 10.2. The Labute approximate surface area is 67.1 Å². The predicted molar refractivity (Wildman–Crippen MR) is 39.1 cm³/mol. The summed E-state index contributed by atoms with van der Waals surface area (Å²) in [6.07, 6.45) is 1.91. The zero-order chi connectivity index (χ0) is 8.69. The molecule has 0 aromatic carbocycles. The van der Waals surface area contributed by atoms with E-state index in [2.05, 4.69) is 4.43 Å². The summed E-state index contributed by atoms with van der Waals surface area (Å²) < 4.78 is 14.4. The molecule has 0 aliphatic heterocycles. The topological polar surface area (TPSA) is 63.6 Å². The lowest BCUT2D eigenvalue weighted by molar-refractivity contribution is -0.117. The molecule has 0 radical (unpaired) electrons. The van der Waals surface area contributed by atoms with Crippen molar-refractivity contribution >= 4 is 15.0 Å². The van der Waals surface area contributed by atoms with Crippen LogP contribution in [0.3, 0.4) is 0 Å². The molecule has 0 saturated carbocycles. The number of ketones is 1. The molecule has 0 amide bonds. The second-order valence-corrected chi connectivity index (χ2v) is 3.09. The Morgan fingerprint density at radius 1 is 1.55 bits per heavy atom. The average molecular weight is 176 g/mol. The molecule has 64 valence electrons. The molecular weight excluding hydrogens is 164 g/mol.